The van der Waals surface area contributed by atoms with Crippen LogP contribution < -0.4 is 10.6 Å². The first kappa shape index (κ1) is 16.4. The van der Waals surface area contributed by atoms with Gasteiger partial charge in [0.2, 0.25) is 5.96 Å². The number of amides is 1. The predicted octanol–water partition coefficient (Wildman–Crippen LogP) is 3.48. The molecule has 0 fully saturated rings. The predicted molar refractivity (Wildman–Crippen MR) is 99.3 cm³/mol. The minimum atomic E-state index is -0.211. The zero-order valence-electron chi connectivity index (χ0n) is 13.6. The van der Waals surface area contributed by atoms with E-state index in [2.05, 4.69) is 20.6 Å². The van der Waals surface area contributed by atoms with Gasteiger partial charge in [-0.1, -0.05) is 36.4 Å². The van der Waals surface area contributed by atoms with Crippen LogP contribution in [0, 0.1) is 0 Å². The molecule has 1 aromatic heterocycles. The van der Waals surface area contributed by atoms with E-state index in [0.717, 1.165) is 11.3 Å². The summed E-state index contributed by atoms with van der Waals surface area (Å²) in [6, 6.07) is 22.4. The lowest BCUT2D eigenvalue weighted by Gasteiger charge is -2.12. The topological polar surface area (TPSA) is 66.4 Å². The number of nitrogens with one attached hydrogen (secondary N) is 2. The van der Waals surface area contributed by atoms with Crippen molar-refractivity contribution in [2.24, 2.45) is 4.99 Å². The number of nitrogens with zero attached hydrogens (tertiary/aromatic N) is 2. The van der Waals surface area contributed by atoms with E-state index in [0.29, 0.717) is 18.1 Å². The quantitative estimate of drug-likeness (QED) is 0.568. The largest absolute Gasteiger partial charge is 0.326 e. The van der Waals surface area contributed by atoms with Crippen LogP contribution in [-0.2, 0) is 6.54 Å². The van der Waals surface area contributed by atoms with Crippen LogP contribution in [0.15, 0.2) is 90.2 Å². The third-order valence-electron chi connectivity index (χ3n) is 3.47. The summed E-state index contributed by atoms with van der Waals surface area (Å²) in [4.78, 5) is 20.9. The Hall–Kier alpha value is -3.47. The van der Waals surface area contributed by atoms with Crippen LogP contribution in [0.1, 0.15) is 15.9 Å². The Kier molecular flexibility index (Phi) is 5.51. The summed E-state index contributed by atoms with van der Waals surface area (Å²) in [5.74, 6) is 0.189. The molecule has 0 unspecified atom stereocenters. The van der Waals surface area contributed by atoms with Gasteiger partial charge in [-0.05, 0) is 42.0 Å². The van der Waals surface area contributed by atoms with Gasteiger partial charge in [0.1, 0.15) is 0 Å². The average molecular weight is 330 g/mol. The number of hydrogen-bond acceptors (Lipinski definition) is 3. The van der Waals surface area contributed by atoms with Gasteiger partial charge in [0, 0.05) is 23.6 Å². The highest BCUT2D eigenvalue weighted by Gasteiger charge is 2.08. The van der Waals surface area contributed by atoms with E-state index in [1.807, 2.05) is 60.7 Å². The zero-order chi connectivity index (χ0) is 17.3. The highest BCUT2D eigenvalue weighted by molar-refractivity contribution is 6.09. The van der Waals surface area contributed by atoms with Gasteiger partial charge in [-0.25, -0.2) is 4.99 Å². The second kappa shape index (κ2) is 8.40. The Morgan fingerprint density at radius 3 is 2.20 bits per heavy atom. The number of aromatic nitrogens is 1. The highest BCUT2D eigenvalue weighted by atomic mass is 16.1. The maximum Gasteiger partial charge on any atom is 0.257 e. The van der Waals surface area contributed by atoms with Crippen LogP contribution in [0.2, 0.25) is 0 Å². The van der Waals surface area contributed by atoms with Crippen LogP contribution in [0.3, 0.4) is 0 Å². The normalized spacial score (nSPS) is 11.0. The summed E-state index contributed by atoms with van der Waals surface area (Å²) in [6.45, 7) is 0.437. The molecule has 0 aliphatic heterocycles. The minimum absolute atomic E-state index is 0.211. The molecule has 0 bridgehead atoms. The zero-order valence-corrected chi connectivity index (χ0v) is 13.6. The Labute approximate surface area is 146 Å². The Morgan fingerprint density at radius 2 is 1.52 bits per heavy atom. The lowest BCUT2D eigenvalue weighted by atomic mass is 10.2. The van der Waals surface area contributed by atoms with Crippen LogP contribution in [0.5, 0.6) is 0 Å². The van der Waals surface area contributed by atoms with Gasteiger partial charge in [0.05, 0.1) is 6.54 Å². The van der Waals surface area contributed by atoms with Crippen LogP contribution in [-0.4, -0.2) is 16.9 Å². The summed E-state index contributed by atoms with van der Waals surface area (Å²) in [5.41, 5.74) is 2.44. The third kappa shape index (κ3) is 5.00. The van der Waals surface area contributed by atoms with E-state index < -0.39 is 0 Å². The standard InChI is InChI=1S/C20H18N4O/c25-19(17-7-3-1-4-8-17)24-20(23-18-9-5-2-6-10-18)22-15-16-11-13-21-14-12-16/h1-14H,15H2,(H2,22,23,24,25). The maximum absolute atomic E-state index is 12.4. The lowest BCUT2D eigenvalue weighted by Crippen LogP contribution is -2.36. The van der Waals surface area contributed by atoms with Crippen LogP contribution in [0.4, 0.5) is 5.69 Å². The van der Waals surface area contributed by atoms with Crippen molar-refractivity contribution in [3.8, 4) is 0 Å². The molecule has 0 spiro atoms. The first-order chi connectivity index (χ1) is 12.3. The molecule has 124 valence electrons. The van der Waals surface area contributed by atoms with Crippen LogP contribution >= 0.6 is 0 Å². The molecule has 25 heavy (non-hydrogen) atoms. The molecule has 0 saturated carbocycles. The molecule has 2 N–H and O–H groups in total. The number of hydrogen-bond donors (Lipinski definition) is 2. The molecular formula is C20H18N4O. The smallest absolute Gasteiger partial charge is 0.257 e. The monoisotopic (exact) mass is 330 g/mol. The molecule has 0 radical (unpaired) electrons. The van der Waals surface area contributed by atoms with E-state index in [-0.39, 0.29) is 5.91 Å². The van der Waals surface area contributed by atoms with Gasteiger partial charge in [0.25, 0.3) is 5.91 Å². The second-order valence-electron chi connectivity index (χ2n) is 5.33. The molecular weight excluding hydrogens is 312 g/mol. The third-order valence-corrected chi connectivity index (χ3v) is 3.47. The van der Waals surface area contributed by atoms with Crippen molar-refractivity contribution in [3.05, 3.63) is 96.3 Å². The first-order valence-electron chi connectivity index (χ1n) is 7.93. The summed E-state index contributed by atoms with van der Waals surface area (Å²) in [7, 11) is 0. The van der Waals surface area contributed by atoms with Gasteiger partial charge in [-0.3, -0.25) is 15.1 Å². The number of benzene rings is 2. The van der Waals surface area contributed by atoms with Gasteiger partial charge in [0.15, 0.2) is 0 Å². The van der Waals surface area contributed by atoms with Gasteiger partial charge >= 0.3 is 0 Å². The van der Waals surface area contributed by atoms with E-state index in [1.54, 1.807) is 24.5 Å². The van der Waals surface area contributed by atoms with Crippen molar-refractivity contribution in [2.45, 2.75) is 6.54 Å². The Morgan fingerprint density at radius 1 is 0.880 bits per heavy atom. The summed E-state index contributed by atoms with van der Waals surface area (Å²) >= 11 is 0. The van der Waals surface area contributed by atoms with Gasteiger partial charge < -0.3 is 5.32 Å². The van der Waals surface area contributed by atoms with E-state index in [4.69, 9.17) is 0 Å². The molecule has 3 aromatic rings. The maximum atomic E-state index is 12.4. The van der Waals surface area contributed by atoms with E-state index in [1.165, 1.54) is 0 Å². The lowest BCUT2D eigenvalue weighted by molar-refractivity contribution is 0.0977. The molecule has 1 amide bonds. The van der Waals surface area contributed by atoms with Crippen molar-refractivity contribution in [1.82, 2.24) is 10.3 Å². The fourth-order valence-corrected chi connectivity index (χ4v) is 2.20. The molecule has 3 rings (SSSR count). The van der Waals surface area contributed by atoms with Crippen molar-refractivity contribution >= 4 is 17.6 Å². The van der Waals surface area contributed by atoms with Gasteiger partial charge in [-0.15, -0.1) is 0 Å². The van der Waals surface area contributed by atoms with Crippen molar-refractivity contribution in [2.75, 3.05) is 5.32 Å². The molecule has 0 saturated heterocycles. The number of carbonyl (C=O) groups excluding carboxylic acids is 1. The fraction of sp³-hybridized carbons (Fsp3) is 0.0500. The number of para-hydroxylation sites is 1. The number of anilines is 1. The molecule has 0 atom stereocenters. The van der Waals surface area contributed by atoms with Gasteiger partial charge in [-0.2, -0.15) is 0 Å². The molecule has 0 aliphatic rings. The summed E-state index contributed by atoms with van der Waals surface area (Å²) in [5, 5.41) is 5.99. The van der Waals surface area contributed by atoms with Crippen molar-refractivity contribution < 1.29 is 4.79 Å². The molecule has 2 aromatic carbocycles. The van der Waals surface area contributed by atoms with E-state index >= 15 is 0 Å². The molecule has 5 heteroatoms. The van der Waals surface area contributed by atoms with Crippen molar-refractivity contribution in [3.63, 3.8) is 0 Å². The number of guanidine groups is 1. The summed E-state index contributed by atoms with van der Waals surface area (Å²) in [6.07, 6.45) is 3.44. The number of aliphatic imine (C=N–C) groups is 1. The number of rotatable bonds is 4. The van der Waals surface area contributed by atoms with Crippen LogP contribution in [0.25, 0.3) is 0 Å². The SMILES string of the molecule is O=C(NC(=NCc1ccncc1)Nc1ccccc1)c1ccccc1. The average Bonchev–Trinajstić information content (AvgIpc) is 2.68. The van der Waals surface area contributed by atoms with E-state index in [9.17, 15) is 4.79 Å². The minimum Gasteiger partial charge on any atom is -0.326 e. The van der Waals surface area contributed by atoms with Crippen molar-refractivity contribution in [1.29, 1.82) is 0 Å². The molecule has 0 aliphatic carbocycles. The second-order valence-corrected chi connectivity index (χ2v) is 5.33. The fourth-order valence-electron chi connectivity index (χ4n) is 2.20. The summed E-state index contributed by atoms with van der Waals surface area (Å²) < 4.78 is 0. The molecule has 1 heterocycles. The first-order valence-corrected chi connectivity index (χ1v) is 7.93. The number of carbonyl (C=O) groups is 1. The number of pyridine rings is 1. The molecule has 5 nitrogen and oxygen atoms in total. The Balaban J connectivity index is 1.77. The highest BCUT2D eigenvalue weighted by Crippen LogP contribution is 2.06. The Bertz CT molecular complexity index is 833.